The van der Waals surface area contributed by atoms with E-state index in [0.717, 1.165) is 0 Å². The number of methoxy groups -OCH3 is 2. The topological polar surface area (TPSA) is 240 Å². The maximum Gasteiger partial charge on any atom is 0.338 e. The van der Waals surface area contributed by atoms with Crippen molar-refractivity contribution in [2.24, 2.45) is 28.3 Å². The zero-order valence-corrected chi connectivity index (χ0v) is 22.7. The Bertz CT molecular complexity index is 1030. The molecule has 7 unspecified atom stereocenters. The smallest absolute Gasteiger partial charge is 0.338 e. The second kappa shape index (κ2) is 12.4. The second-order valence-corrected chi connectivity index (χ2v) is 10.7. The third-order valence-electron chi connectivity index (χ3n) is 6.23. The number of hydrogen-bond donors (Lipinski definition) is 6. The zero-order chi connectivity index (χ0) is 28.1. The van der Waals surface area contributed by atoms with Crippen molar-refractivity contribution in [3.63, 3.8) is 0 Å². The minimum absolute atomic E-state index is 0.0186. The summed E-state index contributed by atoms with van der Waals surface area (Å²) in [6, 6.07) is -0.975. The molecule has 15 nitrogen and oxygen atoms in total. The van der Waals surface area contributed by atoms with Crippen LogP contribution in [0.15, 0.2) is 4.99 Å². The predicted octanol–water partition coefficient (Wildman–Crippen LogP) is -0.0145. The van der Waals surface area contributed by atoms with E-state index in [9.17, 15) is 19.6 Å². The number of ether oxygens (including phenoxy) is 3. The predicted molar refractivity (Wildman–Crippen MR) is 136 cm³/mol. The first kappa shape index (κ1) is 30.8. The number of anilines is 2. The van der Waals surface area contributed by atoms with Crippen molar-refractivity contribution in [3.05, 3.63) is 0 Å². The number of carbonyl (C=O) groups excluding carboxylic acids is 1. The van der Waals surface area contributed by atoms with Gasteiger partial charge in [0.25, 0.3) is 0 Å². The van der Waals surface area contributed by atoms with E-state index in [2.05, 4.69) is 20.0 Å². The average molecular weight is 548 g/mol. The largest absolute Gasteiger partial charge is 0.479 e. The number of esters is 1. The Morgan fingerprint density at radius 2 is 1.97 bits per heavy atom. The third-order valence-corrected chi connectivity index (χ3v) is 7.40. The number of nitrogens with one attached hydrogen (secondary N) is 1. The van der Waals surface area contributed by atoms with Crippen LogP contribution in [0.5, 0.6) is 5.88 Å². The van der Waals surface area contributed by atoms with Gasteiger partial charge in [-0.05, 0) is 18.8 Å². The normalized spacial score (nSPS) is 25.5. The molecule has 210 valence electrons. The lowest BCUT2D eigenvalue weighted by atomic mass is 10.0. The van der Waals surface area contributed by atoms with Gasteiger partial charge >= 0.3 is 13.6 Å². The van der Waals surface area contributed by atoms with E-state index in [1.165, 1.54) is 20.4 Å². The van der Waals surface area contributed by atoms with E-state index in [1.54, 1.807) is 27.7 Å². The minimum Gasteiger partial charge on any atom is -0.479 e. The van der Waals surface area contributed by atoms with Crippen LogP contribution in [0.25, 0.3) is 0 Å². The monoisotopic (exact) mass is 547 g/mol. The first-order chi connectivity index (χ1) is 17.2. The summed E-state index contributed by atoms with van der Waals surface area (Å²) in [5.74, 6) is -2.03. The highest BCUT2D eigenvalue weighted by molar-refractivity contribution is 7.54. The van der Waals surface area contributed by atoms with Gasteiger partial charge in [-0.25, -0.2) is 10.6 Å². The number of rotatable bonds is 14. The van der Waals surface area contributed by atoms with E-state index in [-0.39, 0.29) is 35.9 Å². The molecule has 1 aromatic heterocycles. The molecule has 1 aliphatic rings. The highest BCUT2D eigenvalue weighted by atomic mass is 31.2. The van der Waals surface area contributed by atoms with Gasteiger partial charge in [-0.2, -0.15) is 9.97 Å². The summed E-state index contributed by atoms with van der Waals surface area (Å²) < 4.78 is 33.5. The lowest BCUT2D eigenvalue weighted by molar-refractivity contribution is -0.146. The molecule has 1 fully saturated rings. The number of aliphatic imine (C=N–C) groups is 1. The molecule has 0 spiro atoms. The summed E-state index contributed by atoms with van der Waals surface area (Å²) in [5, 5.41) is 24.6. The molecule has 16 heteroatoms. The molecule has 1 aliphatic carbocycles. The van der Waals surface area contributed by atoms with E-state index in [0.29, 0.717) is 0 Å². The second-order valence-electron chi connectivity index (χ2n) is 9.02. The van der Waals surface area contributed by atoms with Gasteiger partial charge in [0.15, 0.2) is 11.5 Å². The number of aromatic nitrogens is 2. The van der Waals surface area contributed by atoms with Crippen molar-refractivity contribution in [2.75, 3.05) is 38.9 Å². The fourth-order valence-corrected chi connectivity index (χ4v) is 5.15. The van der Waals surface area contributed by atoms with Crippen LogP contribution >= 0.6 is 7.67 Å². The molecule has 0 radical (unpaired) electrons. The van der Waals surface area contributed by atoms with Gasteiger partial charge in [-0.15, -0.1) is 0 Å². The van der Waals surface area contributed by atoms with Crippen LogP contribution in [-0.4, -0.2) is 83.6 Å². The highest BCUT2D eigenvalue weighted by Crippen LogP contribution is 2.53. The molecule has 1 saturated carbocycles. The van der Waals surface area contributed by atoms with Gasteiger partial charge in [0.05, 0.1) is 20.3 Å². The summed E-state index contributed by atoms with van der Waals surface area (Å²) in [6.07, 6.45) is -1.20. The molecule has 37 heavy (non-hydrogen) atoms. The number of nitrogen functional groups attached to an aromatic ring is 2. The Labute approximate surface area is 215 Å². The Hall–Kier alpha value is -2.39. The van der Waals surface area contributed by atoms with E-state index >= 15 is 0 Å². The Morgan fingerprint density at radius 1 is 1.32 bits per heavy atom. The van der Waals surface area contributed by atoms with Crippen LogP contribution in [0, 0.1) is 17.8 Å². The summed E-state index contributed by atoms with van der Waals surface area (Å²) >= 11 is 0. The summed E-state index contributed by atoms with van der Waals surface area (Å²) in [7, 11) is -1.37. The first-order valence-electron chi connectivity index (χ1n) is 11.6. The minimum atomic E-state index is -4.02. The van der Waals surface area contributed by atoms with Crippen molar-refractivity contribution in [2.45, 2.75) is 51.5 Å². The number of hydrogen-bond acceptors (Lipinski definition) is 13. The maximum atomic E-state index is 12.8. The van der Waals surface area contributed by atoms with Crippen LogP contribution in [0.2, 0.25) is 0 Å². The lowest BCUT2D eigenvalue weighted by Crippen LogP contribution is -2.46. The SMILES string of the molecule is CCOC(=O)C(NP(N)(=O)OCC(OC)C(O)C1(O)C(C)C1/C=N\c1c(N)nc(N)nc1OC)C(C)C. The molecule has 0 amide bonds. The molecule has 0 aromatic carbocycles. The van der Waals surface area contributed by atoms with Crippen molar-refractivity contribution < 1.29 is 38.3 Å². The van der Waals surface area contributed by atoms with Gasteiger partial charge in [-0.1, -0.05) is 20.8 Å². The fraction of sp³-hybridized carbons (Fsp3) is 0.714. The van der Waals surface area contributed by atoms with Crippen LogP contribution < -0.4 is 26.8 Å². The molecule has 7 atom stereocenters. The molecule has 9 N–H and O–H groups in total. The number of aliphatic hydroxyl groups excluding tert-OH is 1. The number of nitrogens with zero attached hydrogens (tertiary/aromatic N) is 3. The summed E-state index contributed by atoms with van der Waals surface area (Å²) in [4.78, 5) is 24.2. The standard InChI is InChI=1S/C21H38N7O8P/c1-7-35-19(30)14(10(2)3)28-37(24,32)36-9-13(33-5)16(29)21(31)11(4)12(21)8-25-15-17(22)26-20(23)27-18(15)34-6/h8,10-14,16,29,31H,7,9H2,1-6H3,(H3,24,28,32)(H4,22,23,26,27)/b25-8-. The number of carbonyl (C=O) groups is 1. The van der Waals surface area contributed by atoms with E-state index < -0.39 is 55.9 Å². The lowest BCUT2D eigenvalue weighted by Gasteiger charge is -2.29. The van der Waals surface area contributed by atoms with Gasteiger partial charge in [0.1, 0.15) is 23.9 Å². The molecule has 0 aliphatic heterocycles. The van der Waals surface area contributed by atoms with E-state index in [1.807, 2.05) is 0 Å². The Balaban J connectivity index is 2.10. The molecule has 1 aromatic rings. The van der Waals surface area contributed by atoms with E-state index in [4.69, 9.17) is 35.7 Å². The average Bonchev–Trinajstić information content (AvgIpc) is 3.36. The molecule has 1 heterocycles. The van der Waals surface area contributed by atoms with Crippen LogP contribution in [0.3, 0.4) is 0 Å². The van der Waals surface area contributed by atoms with Crippen molar-refractivity contribution in [3.8, 4) is 5.88 Å². The molecular weight excluding hydrogens is 509 g/mol. The summed E-state index contributed by atoms with van der Waals surface area (Å²) in [5.41, 5.74) is 15.7. The number of nitrogens with two attached hydrogens (primary N) is 3. The van der Waals surface area contributed by atoms with Gasteiger partial charge in [-0.3, -0.25) is 14.4 Å². The molecule has 2 rings (SSSR count). The first-order valence-corrected chi connectivity index (χ1v) is 13.3. The van der Waals surface area contributed by atoms with Crippen LogP contribution in [-0.2, 0) is 23.4 Å². The fourth-order valence-electron chi connectivity index (χ4n) is 3.91. The van der Waals surface area contributed by atoms with Crippen molar-refractivity contribution in [1.82, 2.24) is 15.1 Å². The molecule has 0 bridgehead atoms. The highest BCUT2D eigenvalue weighted by Gasteiger charge is 2.66. The summed E-state index contributed by atoms with van der Waals surface area (Å²) in [6.45, 7) is 6.49. The molecular formula is C21H38N7O8P. The zero-order valence-electron chi connectivity index (χ0n) is 21.8. The Morgan fingerprint density at radius 3 is 2.51 bits per heavy atom. The quantitative estimate of drug-likeness (QED) is 0.102. The Kier molecular flexibility index (Phi) is 10.4. The van der Waals surface area contributed by atoms with Gasteiger partial charge in [0, 0.05) is 19.2 Å². The van der Waals surface area contributed by atoms with Crippen LogP contribution in [0.1, 0.15) is 27.7 Å². The van der Waals surface area contributed by atoms with Crippen LogP contribution in [0.4, 0.5) is 17.5 Å². The molecule has 0 saturated heterocycles. The maximum absolute atomic E-state index is 12.8. The third kappa shape index (κ3) is 7.13. The number of aliphatic hydroxyl groups is 2. The van der Waals surface area contributed by atoms with Gasteiger partial charge in [0.2, 0.25) is 11.8 Å². The van der Waals surface area contributed by atoms with Crippen molar-refractivity contribution in [1.29, 1.82) is 0 Å². The van der Waals surface area contributed by atoms with Gasteiger partial charge < -0.3 is 40.4 Å². The van der Waals surface area contributed by atoms with Crippen molar-refractivity contribution >= 4 is 37.3 Å².